The van der Waals surface area contributed by atoms with Crippen molar-refractivity contribution in [3.63, 3.8) is 0 Å². The van der Waals surface area contributed by atoms with Gasteiger partial charge in [-0.2, -0.15) is 0 Å². The lowest BCUT2D eigenvalue weighted by molar-refractivity contribution is -0.127. The fourth-order valence-electron chi connectivity index (χ4n) is 1.82. The zero-order valence-electron chi connectivity index (χ0n) is 10.5. The van der Waals surface area contributed by atoms with Gasteiger partial charge in [-0.25, -0.2) is 4.98 Å². The zero-order valence-corrected chi connectivity index (χ0v) is 12.1. The van der Waals surface area contributed by atoms with Gasteiger partial charge in [0.2, 0.25) is 5.91 Å². The highest BCUT2D eigenvalue weighted by Crippen LogP contribution is 2.17. The van der Waals surface area contributed by atoms with E-state index >= 15 is 0 Å². The number of nitrogens with zero attached hydrogens (tertiary/aromatic N) is 3. The van der Waals surface area contributed by atoms with Gasteiger partial charge in [0.25, 0.3) is 5.91 Å². The molecule has 1 aliphatic rings. The van der Waals surface area contributed by atoms with Gasteiger partial charge in [0.15, 0.2) is 0 Å². The molecule has 2 rings (SSSR count). The predicted octanol–water partition coefficient (Wildman–Crippen LogP) is 0.732. The largest absolute Gasteiger partial charge is 0.383 e. The van der Waals surface area contributed by atoms with Crippen LogP contribution < -0.4 is 0 Å². The molecule has 1 saturated heterocycles. The molecule has 19 heavy (non-hydrogen) atoms. The molecule has 6 nitrogen and oxygen atoms in total. The Kier molecular flexibility index (Phi) is 4.49. The molecular formula is C12H14BrN3O3. The Morgan fingerprint density at radius 2 is 2.37 bits per heavy atom. The van der Waals surface area contributed by atoms with Crippen molar-refractivity contribution in [1.82, 2.24) is 14.8 Å². The first kappa shape index (κ1) is 14.0. The smallest absolute Gasteiger partial charge is 0.275 e. The minimum absolute atomic E-state index is 0.0718. The minimum atomic E-state index is -0.249. The maximum Gasteiger partial charge on any atom is 0.275 e. The van der Waals surface area contributed by atoms with Crippen molar-refractivity contribution in [2.45, 2.75) is 0 Å². The van der Waals surface area contributed by atoms with E-state index < -0.39 is 0 Å². The highest BCUT2D eigenvalue weighted by molar-refractivity contribution is 9.10. The lowest BCUT2D eigenvalue weighted by Gasteiger charge is -2.17. The van der Waals surface area contributed by atoms with Crippen LogP contribution in [-0.2, 0) is 9.53 Å². The summed E-state index contributed by atoms with van der Waals surface area (Å²) in [4.78, 5) is 31.1. The van der Waals surface area contributed by atoms with E-state index in [9.17, 15) is 9.59 Å². The number of rotatable bonds is 4. The van der Waals surface area contributed by atoms with Gasteiger partial charge >= 0.3 is 0 Å². The summed E-state index contributed by atoms with van der Waals surface area (Å²) in [5, 5.41) is 0. The third kappa shape index (κ3) is 3.10. The number of pyridine rings is 1. The van der Waals surface area contributed by atoms with Crippen LogP contribution in [-0.4, -0.2) is 60.1 Å². The zero-order chi connectivity index (χ0) is 13.8. The van der Waals surface area contributed by atoms with Gasteiger partial charge in [0, 0.05) is 24.3 Å². The van der Waals surface area contributed by atoms with Gasteiger partial charge in [-0.3, -0.25) is 9.59 Å². The minimum Gasteiger partial charge on any atom is -0.383 e. The van der Waals surface area contributed by atoms with Gasteiger partial charge in [-0.1, -0.05) is 0 Å². The number of ether oxygens (including phenoxy) is 1. The number of amides is 2. The van der Waals surface area contributed by atoms with E-state index in [1.54, 1.807) is 30.3 Å². The predicted molar refractivity (Wildman–Crippen MR) is 71.4 cm³/mol. The van der Waals surface area contributed by atoms with E-state index in [-0.39, 0.29) is 25.0 Å². The second-order valence-corrected chi connectivity index (χ2v) is 4.98. The van der Waals surface area contributed by atoms with Gasteiger partial charge in [0.05, 0.1) is 13.3 Å². The number of carbonyl (C=O) groups excluding carboxylic acids is 2. The standard InChI is InChI=1S/C12H14BrN3O3/c1-19-6-5-15-8-16(7-10(15)17)12(18)11-9(13)3-2-4-14-11/h2-4H,5-8H2,1H3. The molecule has 0 atom stereocenters. The molecular weight excluding hydrogens is 314 g/mol. The van der Waals surface area contributed by atoms with Crippen LogP contribution in [0.4, 0.5) is 0 Å². The molecule has 1 aliphatic heterocycles. The van der Waals surface area contributed by atoms with Crippen molar-refractivity contribution < 1.29 is 14.3 Å². The Morgan fingerprint density at radius 3 is 3.05 bits per heavy atom. The summed E-state index contributed by atoms with van der Waals surface area (Å²) < 4.78 is 5.56. The van der Waals surface area contributed by atoms with E-state index in [4.69, 9.17) is 4.74 Å². The molecule has 2 heterocycles. The molecule has 0 saturated carbocycles. The van der Waals surface area contributed by atoms with Crippen LogP contribution in [0.2, 0.25) is 0 Å². The number of aromatic nitrogens is 1. The second-order valence-electron chi connectivity index (χ2n) is 4.13. The van der Waals surface area contributed by atoms with Crippen molar-refractivity contribution in [2.75, 3.05) is 33.5 Å². The van der Waals surface area contributed by atoms with Crippen LogP contribution in [0.25, 0.3) is 0 Å². The molecule has 1 fully saturated rings. The highest BCUT2D eigenvalue weighted by Gasteiger charge is 2.32. The Morgan fingerprint density at radius 1 is 1.58 bits per heavy atom. The number of halogens is 1. The van der Waals surface area contributed by atoms with Crippen molar-refractivity contribution in [3.8, 4) is 0 Å². The van der Waals surface area contributed by atoms with Crippen LogP contribution in [0.15, 0.2) is 22.8 Å². The van der Waals surface area contributed by atoms with Crippen LogP contribution in [0.3, 0.4) is 0 Å². The van der Waals surface area contributed by atoms with Crippen LogP contribution >= 0.6 is 15.9 Å². The third-order valence-corrected chi connectivity index (χ3v) is 3.47. The normalized spacial score (nSPS) is 15.2. The molecule has 0 N–H and O–H groups in total. The fourth-order valence-corrected chi connectivity index (χ4v) is 2.25. The highest BCUT2D eigenvalue weighted by atomic mass is 79.9. The topological polar surface area (TPSA) is 62.7 Å². The summed E-state index contributed by atoms with van der Waals surface area (Å²) in [5.74, 6) is -0.321. The van der Waals surface area contributed by atoms with Crippen LogP contribution in [0, 0.1) is 0 Å². The Hall–Kier alpha value is -1.47. The molecule has 2 amide bonds. The monoisotopic (exact) mass is 327 g/mol. The van der Waals surface area contributed by atoms with Crippen molar-refractivity contribution in [2.24, 2.45) is 0 Å². The lowest BCUT2D eigenvalue weighted by Crippen LogP contribution is -2.33. The molecule has 1 aromatic heterocycles. The maximum atomic E-state index is 12.3. The summed E-state index contributed by atoms with van der Waals surface area (Å²) in [5.41, 5.74) is 0.323. The van der Waals surface area contributed by atoms with Gasteiger partial charge < -0.3 is 14.5 Å². The number of hydrogen-bond acceptors (Lipinski definition) is 4. The SMILES string of the molecule is COCCN1CN(C(=O)c2ncccc2Br)CC1=O. The summed E-state index contributed by atoms with van der Waals surface area (Å²) in [6.07, 6.45) is 1.55. The van der Waals surface area contributed by atoms with Crippen molar-refractivity contribution in [1.29, 1.82) is 0 Å². The average molecular weight is 328 g/mol. The molecule has 0 bridgehead atoms. The number of methoxy groups -OCH3 is 1. The van der Waals surface area contributed by atoms with E-state index in [0.717, 1.165) is 0 Å². The summed E-state index contributed by atoms with van der Waals surface area (Å²) in [6.45, 7) is 1.32. The first-order chi connectivity index (χ1) is 9.13. The summed E-state index contributed by atoms with van der Waals surface area (Å²) >= 11 is 3.29. The van der Waals surface area contributed by atoms with Crippen LogP contribution in [0.5, 0.6) is 0 Å². The average Bonchev–Trinajstić information content (AvgIpc) is 2.77. The quantitative estimate of drug-likeness (QED) is 0.818. The molecule has 7 heteroatoms. The molecule has 0 radical (unpaired) electrons. The fraction of sp³-hybridized carbons (Fsp3) is 0.417. The Balaban J connectivity index is 2.06. The first-order valence-electron chi connectivity index (χ1n) is 5.80. The number of hydrogen-bond donors (Lipinski definition) is 0. The Labute approximate surface area is 119 Å². The first-order valence-corrected chi connectivity index (χ1v) is 6.59. The third-order valence-electron chi connectivity index (χ3n) is 2.83. The second kappa shape index (κ2) is 6.12. The maximum absolute atomic E-state index is 12.3. The van der Waals surface area contributed by atoms with Crippen LogP contribution in [0.1, 0.15) is 10.5 Å². The summed E-state index contributed by atoms with van der Waals surface area (Å²) in [6, 6.07) is 3.49. The van der Waals surface area contributed by atoms with Gasteiger partial charge in [-0.15, -0.1) is 0 Å². The van der Waals surface area contributed by atoms with E-state index in [0.29, 0.717) is 23.3 Å². The van der Waals surface area contributed by atoms with Gasteiger partial charge in [-0.05, 0) is 28.1 Å². The molecule has 0 aromatic carbocycles. The van der Waals surface area contributed by atoms with Crippen molar-refractivity contribution in [3.05, 3.63) is 28.5 Å². The van der Waals surface area contributed by atoms with E-state index in [2.05, 4.69) is 20.9 Å². The molecule has 0 aliphatic carbocycles. The molecule has 0 spiro atoms. The molecule has 1 aromatic rings. The van der Waals surface area contributed by atoms with E-state index in [1.165, 1.54) is 4.90 Å². The molecule has 0 unspecified atom stereocenters. The van der Waals surface area contributed by atoms with E-state index in [1.807, 2.05) is 0 Å². The lowest BCUT2D eigenvalue weighted by atomic mass is 10.3. The van der Waals surface area contributed by atoms with Crippen molar-refractivity contribution >= 4 is 27.7 Å². The summed E-state index contributed by atoms with van der Waals surface area (Å²) in [7, 11) is 1.58. The molecule has 102 valence electrons. The van der Waals surface area contributed by atoms with Gasteiger partial charge in [0.1, 0.15) is 12.2 Å². The Bertz CT molecular complexity index is 495. The number of carbonyl (C=O) groups is 2.